The third kappa shape index (κ3) is 3.78. The van der Waals surface area contributed by atoms with Crippen molar-refractivity contribution in [2.45, 2.75) is 32.7 Å². The smallest absolute Gasteiger partial charge is 0.130 e. The summed E-state index contributed by atoms with van der Waals surface area (Å²) in [5.74, 6) is 1.95. The maximum Gasteiger partial charge on any atom is 0.130 e. The Kier molecular flexibility index (Phi) is 4.40. The van der Waals surface area contributed by atoms with Crippen LogP contribution < -0.4 is 10.2 Å². The number of hydrogen-bond donors (Lipinski definition) is 1. The fraction of sp³-hybridized carbons (Fsp3) is 0.583. The fourth-order valence-corrected chi connectivity index (χ4v) is 1.51. The van der Waals surface area contributed by atoms with Gasteiger partial charge in [-0.15, -0.1) is 0 Å². The summed E-state index contributed by atoms with van der Waals surface area (Å²) >= 11 is 0. The molecule has 0 bridgehead atoms. The Bertz CT molecular complexity index is 297. The van der Waals surface area contributed by atoms with Crippen molar-refractivity contribution in [3.63, 3.8) is 0 Å². The Morgan fingerprint density at radius 2 is 2.13 bits per heavy atom. The maximum atomic E-state index is 4.51. The van der Waals surface area contributed by atoms with E-state index in [4.69, 9.17) is 0 Å². The molecule has 1 aromatic rings. The molecule has 0 amide bonds. The first-order valence-corrected chi connectivity index (χ1v) is 5.54. The summed E-state index contributed by atoms with van der Waals surface area (Å²) in [5, 5.41) is 3.40. The molecule has 15 heavy (non-hydrogen) atoms. The molecule has 84 valence electrons. The van der Waals surface area contributed by atoms with Crippen molar-refractivity contribution >= 4 is 11.6 Å². The zero-order valence-electron chi connectivity index (χ0n) is 10.1. The fourth-order valence-electron chi connectivity index (χ4n) is 1.51. The summed E-state index contributed by atoms with van der Waals surface area (Å²) in [5.41, 5.74) is 0. The minimum absolute atomic E-state index is 0.486. The Hall–Kier alpha value is -1.25. The first-order chi connectivity index (χ1) is 7.13. The average Bonchev–Trinajstić information content (AvgIpc) is 2.18. The van der Waals surface area contributed by atoms with E-state index in [2.05, 4.69) is 24.1 Å². The van der Waals surface area contributed by atoms with Crippen LogP contribution in [0.3, 0.4) is 0 Å². The van der Waals surface area contributed by atoms with E-state index in [9.17, 15) is 0 Å². The molecule has 3 heteroatoms. The first-order valence-electron chi connectivity index (χ1n) is 5.54. The van der Waals surface area contributed by atoms with Crippen molar-refractivity contribution in [2.24, 2.45) is 0 Å². The van der Waals surface area contributed by atoms with Crippen molar-refractivity contribution in [1.29, 1.82) is 0 Å². The summed E-state index contributed by atoms with van der Waals surface area (Å²) < 4.78 is 0. The number of rotatable bonds is 5. The Balaban J connectivity index is 2.65. The van der Waals surface area contributed by atoms with Crippen LogP contribution in [0.1, 0.15) is 26.7 Å². The predicted octanol–water partition coefficient (Wildman–Crippen LogP) is 2.75. The van der Waals surface area contributed by atoms with E-state index >= 15 is 0 Å². The predicted molar refractivity (Wildman–Crippen MR) is 66.6 cm³/mol. The number of hydrogen-bond acceptors (Lipinski definition) is 3. The molecule has 3 nitrogen and oxygen atoms in total. The molecule has 1 N–H and O–H groups in total. The lowest BCUT2D eigenvalue weighted by Gasteiger charge is -2.16. The molecule has 0 fully saturated rings. The Morgan fingerprint density at radius 1 is 1.40 bits per heavy atom. The summed E-state index contributed by atoms with van der Waals surface area (Å²) in [6, 6.07) is 6.54. The second kappa shape index (κ2) is 5.59. The van der Waals surface area contributed by atoms with E-state index in [0.29, 0.717) is 6.04 Å². The SMILES string of the molecule is CCCC(C)Nc1cccc(N(C)C)n1. The highest BCUT2D eigenvalue weighted by atomic mass is 15.2. The molecule has 1 atom stereocenters. The second-order valence-electron chi connectivity index (χ2n) is 4.11. The van der Waals surface area contributed by atoms with Gasteiger partial charge in [0.25, 0.3) is 0 Å². The first kappa shape index (κ1) is 11.8. The number of nitrogens with zero attached hydrogens (tertiary/aromatic N) is 2. The molecule has 0 aliphatic rings. The van der Waals surface area contributed by atoms with Crippen LogP contribution in [0.5, 0.6) is 0 Å². The van der Waals surface area contributed by atoms with Gasteiger partial charge in [0.05, 0.1) is 0 Å². The standard InChI is InChI=1S/C12H21N3/c1-5-7-10(2)13-11-8-6-9-12(14-11)15(3)4/h6,8-10H,5,7H2,1-4H3,(H,13,14). The van der Waals surface area contributed by atoms with Gasteiger partial charge < -0.3 is 10.2 Å². The number of aromatic nitrogens is 1. The van der Waals surface area contributed by atoms with Gasteiger partial charge in [-0.05, 0) is 25.5 Å². The van der Waals surface area contributed by atoms with Gasteiger partial charge in [0.2, 0.25) is 0 Å². The molecule has 0 spiro atoms. The lowest BCUT2D eigenvalue weighted by atomic mass is 10.2. The highest BCUT2D eigenvalue weighted by Crippen LogP contribution is 2.13. The van der Waals surface area contributed by atoms with Crippen LogP contribution in [0.4, 0.5) is 11.6 Å². The molecule has 1 rings (SSSR count). The second-order valence-corrected chi connectivity index (χ2v) is 4.11. The van der Waals surface area contributed by atoms with Crippen molar-refractivity contribution < 1.29 is 0 Å². The highest BCUT2D eigenvalue weighted by Gasteiger charge is 2.03. The number of anilines is 2. The molecule has 0 aliphatic carbocycles. The van der Waals surface area contributed by atoms with Crippen molar-refractivity contribution in [1.82, 2.24) is 4.98 Å². The van der Waals surface area contributed by atoms with E-state index in [0.717, 1.165) is 11.6 Å². The van der Waals surface area contributed by atoms with Crippen LogP contribution in [0.2, 0.25) is 0 Å². The van der Waals surface area contributed by atoms with Gasteiger partial charge in [-0.1, -0.05) is 19.4 Å². The van der Waals surface area contributed by atoms with Gasteiger partial charge in [-0.3, -0.25) is 0 Å². The third-order valence-electron chi connectivity index (χ3n) is 2.31. The Labute approximate surface area is 92.5 Å². The van der Waals surface area contributed by atoms with Gasteiger partial charge in [0, 0.05) is 20.1 Å². The monoisotopic (exact) mass is 207 g/mol. The molecule has 1 unspecified atom stereocenters. The average molecular weight is 207 g/mol. The lowest BCUT2D eigenvalue weighted by Crippen LogP contribution is -2.17. The number of pyridine rings is 1. The van der Waals surface area contributed by atoms with Gasteiger partial charge in [-0.2, -0.15) is 0 Å². The van der Waals surface area contributed by atoms with Crippen LogP contribution in [-0.4, -0.2) is 25.1 Å². The molecule has 1 aromatic heterocycles. The third-order valence-corrected chi connectivity index (χ3v) is 2.31. The highest BCUT2D eigenvalue weighted by molar-refractivity contribution is 5.46. The van der Waals surface area contributed by atoms with Crippen molar-refractivity contribution in [3.8, 4) is 0 Å². The van der Waals surface area contributed by atoms with E-state index in [1.165, 1.54) is 12.8 Å². The van der Waals surface area contributed by atoms with E-state index in [1.54, 1.807) is 0 Å². The minimum atomic E-state index is 0.486. The van der Waals surface area contributed by atoms with Gasteiger partial charge >= 0.3 is 0 Å². The molecule has 0 saturated heterocycles. The van der Waals surface area contributed by atoms with Crippen LogP contribution in [-0.2, 0) is 0 Å². The molecule has 0 radical (unpaired) electrons. The zero-order valence-corrected chi connectivity index (χ0v) is 10.1. The quantitative estimate of drug-likeness (QED) is 0.804. The maximum absolute atomic E-state index is 4.51. The van der Waals surface area contributed by atoms with E-state index < -0.39 is 0 Å². The van der Waals surface area contributed by atoms with Crippen molar-refractivity contribution in [3.05, 3.63) is 18.2 Å². The molecular formula is C12H21N3. The molecular weight excluding hydrogens is 186 g/mol. The van der Waals surface area contributed by atoms with Crippen LogP contribution in [0, 0.1) is 0 Å². The summed E-state index contributed by atoms with van der Waals surface area (Å²) in [7, 11) is 4.00. The van der Waals surface area contributed by atoms with Gasteiger partial charge in [0.1, 0.15) is 11.6 Å². The molecule has 1 heterocycles. The summed E-state index contributed by atoms with van der Waals surface area (Å²) in [6.07, 6.45) is 2.37. The largest absolute Gasteiger partial charge is 0.368 e. The summed E-state index contributed by atoms with van der Waals surface area (Å²) in [6.45, 7) is 4.38. The van der Waals surface area contributed by atoms with Gasteiger partial charge in [-0.25, -0.2) is 4.98 Å². The van der Waals surface area contributed by atoms with Crippen molar-refractivity contribution in [2.75, 3.05) is 24.3 Å². The molecule has 0 aliphatic heterocycles. The number of nitrogens with one attached hydrogen (secondary N) is 1. The molecule has 0 aromatic carbocycles. The summed E-state index contributed by atoms with van der Waals surface area (Å²) in [4.78, 5) is 6.52. The van der Waals surface area contributed by atoms with Gasteiger partial charge in [0.15, 0.2) is 0 Å². The lowest BCUT2D eigenvalue weighted by molar-refractivity contribution is 0.687. The zero-order chi connectivity index (χ0) is 11.3. The van der Waals surface area contributed by atoms with E-state index in [1.807, 2.05) is 37.2 Å². The van der Waals surface area contributed by atoms with Crippen LogP contribution in [0.25, 0.3) is 0 Å². The van der Waals surface area contributed by atoms with E-state index in [-0.39, 0.29) is 0 Å². The molecule has 0 saturated carbocycles. The topological polar surface area (TPSA) is 28.2 Å². The normalized spacial score (nSPS) is 12.3. The van der Waals surface area contributed by atoms with Crippen LogP contribution in [0.15, 0.2) is 18.2 Å². The minimum Gasteiger partial charge on any atom is -0.368 e. The Morgan fingerprint density at radius 3 is 2.73 bits per heavy atom. The van der Waals surface area contributed by atoms with Crippen LogP contribution >= 0.6 is 0 Å².